The standard InChI is InChI=1S/C19H16N8O/c1-27-10-11(9-22-27)8-21-19(28)18-23-15-6-13-14(7-16(15)24-18)25-26-17(13)12-2-4-20-5-3-12/h2-7,9-10H,8H2,1H3,(H,21,28)(H,23,24)(H,25,26). The molecule has 0 bridgehead atoms. The van der Waals surface area contributed by atoms with Crippen LogP contribution in [0.15, 0.2) is 49.1 Å². The molecule has 0 aliphatic heterocycles. The van der Waals surface area contributed by atoms with E-state index in [-0.39, 0.29) is 11.7 Å². The van der Waals surface area contributed by atoms with Gasteiger partial charge >= 0.3 is 0 Å². The average Bonchev–Trinajstić information content (AvgIpc) is 3.42. The number of fused-ring (bicyclic) bond motifs is 2. The minimum atomic E-state index is -0.267. The third kappa shape index (κ3) is 2.78. The normalized spacial score (nSPS) is 11.3. The summed E-state index contributed by atoms with van der Waals surface area (Å²) in [7, 11) is 1.83. The molecule has 0 fully saturated rings. The predicted octanol–water partition coefficient (Wildman–Crippen LogP) is 2.16. The second kappa shape index (κ2) is 6.31. The van der Waals surface area contributed by atoms with Gasteiger partial charge in [-0.1, -0.05) is 0 Å². The van der Waals surface area contributed by atoms with Crippen molar-refractivity contribution in [2.75, 3.05) is 0 Å². The number of hydrogen-bond acceptors (Lipinski definition) is 5. The first-order chi connectivity index (χ1) is 13.7. The first-order valence-corrected chi connectivity index (χ1v) is 8.71. The van der Waals surface area contributed by atoms with E-state index in [0.717, 1.165) is 33.2 Å². The van der Waals surface area contributed by atoms with Gasteiger partial charge in [0.25, 0.3) is 5.91 Å². The Balaban J connectivity index is 1.46. The number of aromatic nitrogens is 7. The van der Waals surface area contributed by atoms with Gasteiger partial charge in [0.2, 0.25) is 0 Å². The number of nitrogens with zero attached hydrogens (tertiary/aromatic N) is 5. The molecule has 0 aliphatic carbocycles. The van der Waals surface area contributed by atoms with Crippen LogP contribution in [-0.2, 0) is 13.6 Å². The van der Waals surface area contributed by atoms with E-state index in [4.69, 9.17) is 0 Å². The Morgan fingerprint density at radius 1 is 1.21 bits per heavy atom. The molecule has 0 atom stereocenters. The van der Waals surface area contributed by atoms with Crippen molar-refractivity contribution in [3.63, 3.8) is 0 Å². The van der Waals surface area contributed by atoms with E-state index in [2.05, 4.69) is 35.6 Å². The molecule has 1 aromatic carbocycles. The second-order valence-electron chi connectivity index (χ2n) is 6.51. The highest BCUT2D eigenvalue weighted by Gasteiger charge is 2.15. The Morgan fingerprint density at radius 2 is 2.07 bits per heavy atom. The summed E-state index contributed by atoms with van der Waals surface area (Å²) in [6, 6.07) is 7.65. The van der Waals surface area contributed by atoms with Gasteiger partial charge in [-0.15, -0.1) is 0 Å². The topological polar surface area (TPSA) is 117 Å². The summed E-state index contributed by atoms with van der Waals surface area (Å²) >= 11 is 0. The molecule has 5 rings (SSSR count). The summed E-state index contributed by atoms with van der Waals surface area (Å²) in [5.74, 6) is 0.00107. The smallest absolute Gasteiger partial charge is 0.287 e. The highest BCUT2D eigenvalue weighted by atomic mass is 16.2. The number of carbonyl (C=O) groups excluding carboxylic acids is 1. The summed E-state index contributed by atoms with van der Waals surface area (Å²) < 4.78 is 1.69. The van der Waals surface area contributed by atoms with E-state index in [1.807, 2.05) is 37.5 Å². The zero-order chi connectivity index (χ0) is 19.1. The lowest BCUT2D eigenvalue weighted by atomic mass is 10.1. The monoisotopic (exact) mass is 372 g/mol. The molecule has 4 heterocycles. The molecule has 0 saturated carbocycles. The van der Waals surface area contributed by atoms with E-state index in [9.17, 15) is 4.79 Å². The van der Waals surface area contributed by atoms with E-state index in [1.165, 1.54) is 0 Å². The zero-order valence-corrected chi connectivity index (χ0v) is 15.0. The third-order valence-electron chi connectivity index (χ3n) is 4.54. The second-order valence-corrected chi connectivity index (χ2v) is 6.51. The lowest BCUT2D eigenvalue weighted by Gasteiger charge is -1.99. The molecule has 0 aliphatic rings. The van der Waals surface area contributed by atoms with Gasteiger partial charge in [0.1, 0.15) is 5.69 Å². The predicted molar refractivity (Wildman–Crippen MR) is 103 cm³/mol. The van der Waals surface area contributed by atoms with Gasteiger partial charge in [-0.2, -0.15) is 10.2 Å². The summed E-state index contributed by atoms with van der Waals surface area (Å²) in [6.45, 7) is 0.390. The number of rotatable bonds is 4. The van der Waals surface area contributed by atoms with Crippen LogP contribution >= 0.6 is 0 Å². The number of nitrogens with one attached hydrogen (secondary N) is 3. The maximum absolute atomic E-state index is 12.5. The molecule has 5 aromatic rings. The van der Waals surface area contributed by atoms with Crippen LogP contribution in [0.4, 0.5) is 0 Å². The van der Waals surface area contributed by atoms with Crippen molar-refractivity contribution in [1.29, 1.82) is 0 Å². The van der Waals surface area contributed by atoms with Crippen molar-refractivity contribution in [1.82, 2.24) is 40.2 Å². The number of pyridine rings is 1. The fraction of sp³-hybridized carbons (Fsp3) is 0.105. The molecule has 0 saturated heterocycles. The first-order valence-electron chi connectivity index (χ1n) is 8.71. The summed E-state index contributed by atoms with van der Waals surface area (Å²) in [5, 5.41) is 15.3. The number of aryl methyl sites for hydroxylation is 1. The molecule has 9 nitrogen and oxygen atoms in total. The van der Waals surface area contributed by atoms with Crippen molar-refractivity contribution in [3.05, 3.63) is 60.4 Å². The number of hydrogen-bond donors (Lipinski definition) is 3. The zero-order valence-electron chi connectivity index (χ0n) is 15.0. The molecule has 0 spiro atoms. The average molecular weight is 372 g/mol. The summed E-state index contributed by atoms with van der Waals surface area (Å²) in [5.41, 5.74) is 5.05. The quantitative estimate of drug-likeness (QED) is 0.447. The number of carbonyl (C=O) groups is 1. The van der Waals surface area contributed by atoms with Gasteiger partial charge in [0.05, 0.1) is 22.7 Å². The number of amides is 1. The molecular weight excluding hydrogens is 356 g/mol. The third-order valence-corrected chi connectivity index (χ3v) is 4.54. The van der Waals surface area contributed by atoms with Crippen LogP contribution in [0.2, 0.25) is 0 Å². The van der Waals surface area contributed by atoms with Crippen molar-refractivity contribution < 1.29 is 4.79 Å². The fourth-order valence-corrected chi connectivity index (χ4v) is 3.19. The van der Waals surface area contributed by atoms with Crippen molar-refractivity contribution in [3.8, 4) is 11.3 Å². The first kappa shape index (κ1) is 16.2. The lowest BCUT2D eigenvalue weighted by molar-refractivity contribution is 0.0942. The Kier molecular flexibility index (Phi) is 3.64. The van der Waals surface area contributed by atoms with Gasteiger partial charge in [0.15, 0.2) is 5.82 Å². The molecule has 0 unspecified atom stereocenters. The minimum Gasteiger partial charge on any atom is -0.345 e. The summed E-state index contributed by atoms with van der Waals surface area (Å²) in [6.07, 6.45) is 7.03. The molecular formula is C19H16N8O. The van der Waals surface area contributed by atoms with E-state index in [0.29, 0.717) is 12.1 Å². The molecule has 0 radical (unpaired) electrons. The van der Waals surface area contributed by atoms with E-state index >= 15 is 0 Å². The van der Waals surface area contributed by atoms with Gasteiger partial charge < -0.3 is 10.3 Å². The van der Waals surface area contributed by atoms with Gasteiger partial charge in [-0.3, -0.25) is 19.6 Å². The Morgan fingerprint density at radius 3 is 2.86 bits per heavy atom. The maximum Gasteiger partial charge on any atom is 0.287 e. The van der Waals surface area contributed by atoms with Crippen LogP contribution in [0.25, 0.3) is 33.2 Å². The largest absolute Gasteiger partial charge is 0.345 e. The lowest BCUT2D eigenvalue weighted by Crippen LogP contribution is -2.23. The highest BCUT2D eigenvalue weighted by molar-refractivity contribution is 6.02. The van der Waals surface area contributed by atoms with E-state index in [1.54, 1.807) is 23.3 Å². The number of benzene rings is 1. The highest BCUT2D eigenvalue weighted by Crippen LogP contribution is 2.28. The molecule has 1 amide bonds. The van der Waals surface area contributed by atoms with Crippen molar-refractivity contribution in [2.24, 2.45) is 7.05 Å². The minimum absolute atomic E-state index is 0.267. The molecule has 4 aromatic heterocycles. The van der Waals surface area contributed by atoms with Crippen LogP contribution < -0.4 is 5.32 Å². The van der Waals surface area contributed by atoms with Crippen LogP contribution in [0.3, 0.4) is 0 Å². The van der Waals surface area contributed by atoms with Crippen LogP contribution in [-0.4, -0.2) is 40.8 Å². The Labute approximate surface area is 158 Å². The molecule has 138 valence electrons. The van der Waals surface area contributed by atoms with Crippen molar-refractivity contribution in [2.45, 2.75) is 6.54 Å². The molecule has 3 N–H and O–H groups in total. The molecule has 28 heavy (non-hydrogen) atoms. The van der Waals surface area contributed by atoms with Gasteiger partial charge in [-0.25, -0.2) is 4.98 Å². The van der Waals surface area contributed by atoms with Crippen molar-refractivity contribution >= 4 is 27.8 Å². The SMILES string of the molecule is Cn1cc(CNC(=O)c2nc3cc4c(-c5ccncc5)n[nH]c4cc3[nH]2)cn1. The number of imidazole rings is 1. The van der Waals surface area contributed by atoms with Gasteiger partial charge in [-0.05, 0) is 24.3 Å². The Hall–Kier alpha value is -4.01. The van der Waals surface area contributed by atoms with E-state index < -0.39 is 0 Å². The summed E-state index contributed by atoms with van der Waals surface area (Å²) in [4.78, 5) is 24.0. The number of H-pyrrole nitrogens is 2. The van der Waals surface area contributed by atoms with Crippen LogP contribution in [0, 0.1) is 0 Å². The fourth-order valence-electron chi connectivity index (χ4n) is 3.19. The molecule has 9 heteroatoms. The Bertz CT molecular complexity index is 1300. The maximum atomic E-state index is 12.5. The van der Waals surface area contributed by atoms with Gasteiger partial charge in [0, 0.05) is 48.7 Å². The number of aromatic amines is 2. The van der Waals surface area contributed by atoms with Crippen LogP contribution in [0.5, 0.6) is 0 Å². The van der Waals surface area contributed by atoms with Crippen LogP contribution in [0.1, 0.15) is 16.2 Å².